The fourth-order valence-corrected chi connectivity index (χ4v) is 8.63. The third-order valence-electron chi connectivity index (χ3n) is 9.92. The Balaban J connectivity index is 1.15. The van der Waals surface area contributed by atoms with Crippen molar-refractivity contribution in [2.75, 3.05) is 19.7 Å². The zero-order valence-electron chi connectivity index (χ0n) is 25.7. The highest BCUT2D eigenvalue weighted by atomic mass is 35.5. The van der Waals surface area contributed by atoms with Crippen molar-refractivity contribution < 1.29 is 23.4 Å². The van der Waals surface area contributed by atoms with Gasteiger partial charge in [-0.2, -0.15) is 0 Å². The molecular weight excluding hydrogens is 634 g/mol. The van der Waals surface area contributed by atoms with E-state index in [0.29, 0.717) is 58.3 Å². The number of alkyl halides is 2. The van der Waals surface area contributed by atoms with E-state index in [-0.39, 0.29) is 35.7 Å². The number of piperidine rings is 1. The SMILES string of the molecule is Cc1cc(-c2cc(Cl)ccc2OCCn2c(C)nc3c(c2=O)C[C@H](N2CCC[C@H](C(F)F)C2)CC32CC2)c2scc(C(=O)O)c2n1. The van der Waals surface area contributed by atoms with Crippen LogP contribution in [0.3, 0.4) is 0 Å². The minimum Gasteiger partial charge on any atom is -0.491 e. The van der Waals surface area contributed by atoms with Gasteiger partial charge in [0, 0.05) is 56.7 Å². The van der Waals surface area contributed by atoms with Gasteiger partial charge in [0.2, 0.25) is 6.43 Å². The van der Waals surface area contributed by atoms with E-state index in [1.54, 1.807) is 28.1 Å². The monoisotopic (exact) mass is 668 g/mol. The van der Waals surface area contributed by atoms with Gasteiger partial charge in [-0.15, -0.1) is 11.3 Å². The molecule has 12 heteroatoms. The Morgan fingerprint density at radius 1 is 1.22 bits per heavy atom. The molecule has 0 radical (unpaired) electrons. The van der Waals surface area contributed by atoms with Gasteiger partial charge in [-0.25, -0.2) is 18.6 Å². The quantitative estimate of drug-likeness (QED) is 0.218. The number of rotatable bonds is 8. The number of hydrogen-bond donors (Lipinski definition) is 1. The Labute approximate surface area is 274 Å². The van der Waals surface area contributed by atoms with Gasteiger partial charge in [-0.3, -0.25) is 19.2 Å². The van der Waals surface area contributed by atoms with Gasteiger partial charge in [-0.05, 0) is 83.2 Å². The number of carbonyl (C=O) groups is 1. The van der Waals surface area contributed by atoms with Crippen LogP contribution in [-0.2, 0) is 18.4 Å². The van der Waals surface area contributed by atoms with E-state index in [2.05, 4.69) is 9.88 Å². The first-order chi connectivity index (χ1) is 22.0. The Hall–Kier alpha value is -3.41. The average Bonchev–Trinajstić information content (AvgIpc) is 3.66. The Bertz CT molecular complexity index is 1910. The van der Waals surface area contributed by atoms with Crippen LogP contribution in [0.2, 0.25) is 5.02 Å². The van der Waals surface area contributed by atoms with Gasteiger partial charge in [0.05, 0.1) is 28.0 Å². The number of nitrogens with zero attached hydrogens (tertiary/aromatic N) is 4. The first-order valence-electron chi connectivity index (χ1n) is 15.7. The van der Waals surface area contributed by atoms with Crippen molar-refractivity contribution >= 4 is 39.1 Å². The van der Waals surface area contributed by atoms with Gasteiger partial charge in [-0.1, -0.05) is 11.6 Å². The number of benzene rings is 1. The van der Waals surface area contributed by atoms with Gasteiger partial charge >= 0.3 is 5.97 Å². The highest BCUT2D eigenvalue weighted by molar-refractivity contribution is 7.18. The second kappa shape index (κ2) is 12.0. The molecule has 3 aromatic heterocycles. The van der Waals surface area contributed by atoms with Crippen LogP contribution in [0.1, 0.15) is 65.2 Å². The van der Waals surface area contributed by atoms with E-state index >= 15 is 0 Å². The number of aromatic nitrogens is 3. The number of carboxylic acids is 1. The topological polar surface area (TPSA) is 97.6 Å². The summed E-state index contributed by atoms with van der Waals surface area (Å²) in [6, 6.07) is 7.25. The number of aryl methyl sites for hydroxylation is 2. The molecule has 0 bridgehead atoms. The number of ether oxygens (including phenoxy) is 1. The van der Waals surface area contributed by atoms with E-state index in [1.165, 1.54) is 11.3 Å². The summed E-state index contributed by atoms with van der Waals surface area (Å²) in [5.41, 5.74) is 4.13. The fraction of sp³-hybridized carbons (Fsp3) is 0.471. The second-order valence-corrected chi connectivity index (χ2v) is 14.3. The standard InChI is InChI=1S/C34H35ClF2N4O4S/c1-18-12-24(29-28(38-18)26(17-46-29)33(43)44)23-13-21(35)5-6-27(23)45-11-10-41-19(2)39-30-25(32(41)42)14-22(15-34(30)7-8-34)40-9-3-4-20(16-40)31(36)37/h5-6,12-13,17,20,22,31H,3-4,7-11,14-16H2,1-2H3,(H,43,44)/t20-,22-/m0/s1. The van der Waals surface area contributed by atoms with Gasteiger partial charge in [0.25, 0.3) is 5.56 Å². The van der Waals surface area contributed by atoms with E-state index in [1.807, 2.05) is 19.9 Å². The average molecular weight is 669 g/mol. The van der Waals surface area contributed by atoms with Crippen LogP contribution in [0.25, 0.3) is 21.3 Å². The number of likely N-dealkylation sites (tertiary alicyclic amines) is 1. The van der Waals surface area contributed by atoms with Crippen LogP contribution in [0.4, 0.5) is 8.78 Å². The molecule has 1 aromatic carbocycles. The molecule has 3 aliphatic rings. The second-order valence-electron chi connectivity index (χ2n) is 12.9. The number of halogens is 3. The maximum absolute atomic E-state index is 14.0. The van der Waals surface area contributed by atoms with E-state index in [4.69, 9.17) is 21.3 Å². The number of aromatic carboxylic acids is 1. The van der Waals surface area contributed by atoms with Gasteiger partial charge in [0.15, 0.2) is 0 Å². The maximum atomic E-state index is 14.0. The molecule has 0 unspecified atom stereocenters. The summed E-state index contributed by atoms with van der Waals surface area (Å²) in [5.74, 6) is -0.465. The largest absolute Gasteiger partial charge is 0.491 e. The molecule has 2 atom stereocenters. The van der Waals surface area contributed by atoms with Crippen LogP contribution < -0.4 is 10.3 Å². The molecule has 1 aliphatic heterocycles. The lowest BCUT2D eigenvalue weighted by atomic mass is 9.79. The normalized spacial score (nSPS) is 20.7. The zero-order chi connectivity index (χ0) is 32.3. The smallest absolute Gasteiger partial charge is 0.338 e. The van der Waals surface area contributed by atoms with Crippen molar-refractivity contribution in [1.29, 1.82) is 0 Å². The predicted octanol–water partition coefficient (Wildman–Crippen LogP) is 6.89. The van der Waals surface area contributed by atoms with Crippen molar-refractivity contribution in [3.63, 3.8) is 0 Å². The van der Waals surface area contributed by atoms with Crippen molar-refractivity contribution in [3.8, 4) is 16.9 Å². The van der Waals surface area contributed by atoms with Crippen LogP contribution in [-0.4, -0.2) is 62.7 Å². The lowest BCUT2D eigenvalue weighted by Crippen LogP contribution is -2.50. The fourth-order valence-electron chi connectivity index (χ4n) is 7.44. The lowest BCUT2D eigenvalue weighted by Gasteiger charge is -2.42. The lowest BCUT2D eigenvalue weighted by molar-refractivity contribution is 0.00962. The van der Waals surface area contributed by atoms with E-state index < -0.39 is 18.3 Å². The summed E-state index contributed by atoms with van der Waals surface area (Å²) >= 11 is 7.72. The van der Waals surface area contributed by atoms with Crippen molar-refractivity contribution in [3.05, 3.63) is 73.4 Å². The van der Waals surface area contributed by atoms with Crippen molar-refractivity contribution in [2.24, 2.45) is 5.92 Å². The number of carboxylic acid groups (broad SMARTS) is 1. The molecule has 242 valence electrons. The van der Waals surface area contributed by atoms with E-state index in [9.17, 15) is 23.5 Å². The minimum atomic E-state index is -2.32. The molecule has 2 aliphatic carbocycles. The summed E-state index contributed by atoms with van der Waals surface area (Å²) in [4.78, 5) is 37.5. The van der Waals surface area contributed by atoms with Gasteiger partial charge in [0.1, 0.15) is 18.2 Å². The van der Waals surface area contributed by atoms with Crippen molar-refractivity contribution in [2.45, 2.75) is 76.8 Å². The highest BCUT2D eigenvalue weighted by Gasteiger charge is 2.53. The maximum Gasteiger partial charge on any atom is 0.338 e. The molecule has 4 heterocycles. The molecular formula is C34H35ClF2N4O4S. The Kier molecular flexibility index (Phi) is 8.13. The molecule has 1 N–H and O–H groups in total. The molecule has 0 amide bonds. The molecule has 4 aromatic rings. The number of thiophene rings is 1. The zero-order valence-corrected chi connectivity index (χ0v) is 27.3. The van der Waals surface area contributed by atoms with Gasteiger partial charge < -0.3 is 9.84 Å². The molecule has 1 saturated heterocycles. The number of hydrogen-bond acceptors (Lipinski definition) is 7. The van der Waals surface area contributed by atoms with Crippen LogP contribution in [0.15, 0.2) is 34.4 Å². The summed E-state index contributed by atoms with van der Waals surface area (Å²) in [6.07, 6.45) is 2.32. The predicted molar refractivity (Wildman–Crippen MR) is 174 cm³/mol. The number of pyridine rings is 1. The first kappa shape index (κ1) is 31.2. The summed E-state index contributed by atoms with van der Waals surface area (Å²) < 4.78 is 35.9. The van der Waals surface area contributed by atoms with Crippen LogP contribution in [0.5, 0.6) is 5.75 Å². The molecule has 1 saturated carbocycles. The van der Waals surface area contributed by atoms with E-state index in [0.717, 1.165) is 48.2 Å². The Morgan fingerprint density at radius 3 is 2.76 bits per heavy atom. The highest BCUT2D eigenvalue weighted by Crippen LogP contribution is 2.55. The Morgan fingerprint density at radius 2 is 2.02 bits per heavy atom. The summed E-state index contributed by atoms with van der Waals surface area (Å²) in [6.45, 7) is 5.29. The molecule has 7 rings (SSSR count). The van der Waals surface area contributed by atoms with Crippen molar-refractivity contribution in [1.82, 2.24) is 19.4 Å². The molecule has 8 nitrogen and oxygen atoms in total. The minimum absolute atomic E-state index is 0.0645. The van der Waals surface area contributed by atoms with Crippen LogP contribution in [0, 0.1) is 19.8 Å². The molecule has 1 spiro atoms. The molecule has 2 fully saturated rings. The summed E-state index contributed by atoms with van der Waals surface area (Å²) in [7, 11) is 0. The third-order valence-corrected chi connectivity index (χ3v) is 11.2. The molecule has 46 heavy (non-hydrogen) atoms. The van der Waals surface area contributed by atoms with Crippen LogP contribution >= 0.6 is 22.9 Å². The number of fused-ring (bicyclic) bond motifs is 3. The third kappa shape index (κ3) is 5.60. The first-order valence-corrected chi connectivity index (χ1v) is 17.0. The summed E-state index contributed by atoms with van der Waals surface area (Å²) in [5, 5.41) is 11.8.